The molecule has 3 rings (SSSR count). The number of rotatable bonds is 20. The van der Waals surface area contributed by atoms with Crippen molar-refractivity contribution in [3.8, 4) is 0 Å². The van der Waals surface area contributed by atoms with Gasteiger partial charge in [0.15, 0.2) is 0 Å². The van der Waals surface area contributed by atoms with Crippen LogP contribution >= 0.6 is 0 Å². The molecule has 0 spiro atoms. The third kappa shape index (κ3) is 7.83. The standard InChI is InChI=1S/C41H68O3/c1-7-10-13-19-28-41(29-20-14-11-8-2)39(6,35-21-17-15-18-22-35)36(33-24-26-34(27-25-33)38(43)44)31-40(41,30-32(4)5)37(42)23-16-12-9-3/h24-27,32,35-36H,7-23,28-31H2,1-6H3,(H,43,44). The molecule has 0 saturated heterocycles. The summed E-state index contributed by atoms with van der Waals surface area (Å²) in [6.07, 6.45) is 24.7. The predicted octanol–water partition coefficient (Wildman–Crippen LogP) is 12.6. The Balaban J connectivity index is 2.32. The van der Waals surface area contributed by atoms with Crippen LogP contribution in [0.2, 0.25) is 0 Å². The number of carbonyl (C=O) groups is 2. The first-order chi connectivity index (χ1) is 21.1. The number of Topliss-reactive ketones (excluding diaryl/α,β-unsaturated/α-hetero) is 1. The van der Waals surface area contributed by atoms with Gasteiger partial charge < -0.3 is 5.11 Å². The first kappa shape index (κ1) is 36.8. The normalized spacial score (nSPS) is 25.5. The second kappa shape index (κ2) is 17.3. The minimum atomic E-state index is -0.862. The van der Waals surface area contributed by atoms with Gasteiger partial charge in [-0.1, -0.05) is 137 Å². The highest BCUT2D eigenvalue weighted by Gasteiger charge is 2.71. The molecule has 3 heteroatoms. The number of hydrogen-bond donors (Lipinski definition) is 1. The van der Waals surface area contributed by atoms with Crippen LogP contribution in [0.15, 0.2) is 24.3 Å². The fourth-order valence-corrected chi connectivity index (χ4v) is 10.4. The summed E-state index contributed by atoms with van der Waals surface area (Å²) in [6, 6.07) is 7.91. The molecule has 0 amide bonds. The van der Waals surface area contributed by atoms with E-state index in [1.54, 1.807) is 0 Å². The van der Waals surface area contributed by atoms with Crippen molar-refractivity contribution in [3.05, 3.63) is 35.4 Å². The van der Waals surface area contributed by atoms with Gasteiger partial charge in [0.25, 0.3) is 0 Å². The summed E-state index contributed by atoms with van der Waals surface area (Å²) in [7, 11) is 0. The highest BCUT2D eigenvalue weighted by atomic mass is 16.4. The van der Waals surface area contributed by atoms with Gasteiger partial charge in [0.05, 0.1) is 5.56 Å². The molecular formula is C41H68O3. The Morgan fingerprint density at radius 2 is 1.34 bits per heavy atom. The zero-order valence-electron chi connectivity index (χ0n) is 29.7. The van der Waals surface area contributed by atoms with E-state index in [1.165, 1.54) is 102 Å². The molecule has 1 aromatic carbocycles. The van der Waals surface area contributed by atoms with Gasteiger partial charge in [-0.15, -0.1) is 0 Å². The Hall–Kier alpha value is -1.64. The number of ketones is 1. The Morgan fingerprint density at radius 1 is 0.795 bits per heavy atom. The number of benzene rings is 1. The maximum absolute atomic E-state index is 15.2. The fourth-order valence-electron chi connectivity index (χ4n) is 10.4. The molecule has 1 N–H and O–H groups in total. The molecule has 2 fully saturated rings. The van der Waals surface area contributed by atoms with Crippen LogP contribution in [0.3, 0.4) is 0 Å². The molecule has 3 unspecified atom stereocenters. The zero-order chi connectivity index (χ0) is 32.2. The van der Waals surface area contributed by atoms with E-state index in [1.807, 2.05) is 12.1 Å². The molecule has 3 nitrogen and oxygen atoms in total. The van der Waals surface area contributed by atoms with Gasteiger partial charge in [-0.2, -0.15) is 0 Å². The molecule has 250 valence electrons. The second-order valence-electron chi connectivity index (χ2n) is 15.6. The molecule has 0 radical (unpaired) electrons. The van der Waals surface area contributed by atoms with E-state index in [2.05, 4.69) is 53.7 Å². The number of aromatic carboxylic acids is 1. The maximum atomic E-state index is 15.2. The first-order valence-corrected chi connectivity index (χ1v) is 19.0. The number of carbonyl (C=O) groups excluding carboxylic acids is 1. The van der Waals surface area contributed by atoms with Crippen molar-refractivity contribution in [1.82, 2.24) is 0 Å². The summed E-state index contributed by atoms with van der Waals surface area (Å²) in [5.74, 6) is 1.05. The van der Waals surface area contributed by atoms with Crippen molar-refractivity contribution in [1.29, 1.82) is 0 Å². The lowest BCUT2D eigenvalue weighted by molar-refractivity contribution is -0.149. The summed E-state index contributed by atoms with van der Waals surface area (Å²) in [6.45, 7) is 14.2. The summed E-state index contributed by atoms with van der Waals surface area (Å²) in [4.78, 5) is 27.0. The minimum absolute atomic E-state index is 0.00585. The van der Waals surface area contributed by atoms with Crippen molar-refractivity contribution < 1.29 is 14.7 Å². The van der Waals surface area contributed by atoms with Crippen LogP contribution in [0.5, 0.6) is 0 Å². The van der Waals surface area contributed by atoms with Gasteiger partial charge in [-0.05, 0) is 91.2 Å². The molecule has 0 aromatic heterocycles. The molecule has 0 heterocycles. The number of carboxylic acid groups (broad SMARTS) is 1. The third-order valence-electron chi connectivity index (χ3n) is 12.4. The summed E-state index contributed by atoms with van der Waals surface area (Å²) >= 11 is 0. The van der Waals surface area contributed by atoms with Gasteiger partial charge in [-0.3, -0.25) is 4.79 Å². The first-order valence-electron chi connectivity index (χ1n) is 19.0. The average Bonchev–Trinajstić information content (AvgIpc) is 3.23. The Labute approximate surface area is 271 Å². The lowest BCUT2D eigenvalue weighted by atomic mass is 9.45. The SMILES string of the molecule is CCCCCCC1(CCCCCC)C(CC(C)C)(C(=O)CCCCC)CC(c2ccc(C(=O)O)cc2)C1(C)C1CCCCC1. The van der Waals surface area contributed by atoms with Crippen LogP contribution in [0, 0.1) is 28.1 Å². The van der Waals surface area contributed by atoms with E-state index in [0.717, 1.165) is 38.5 Å². The zero-order valence-corrected chi connectivity index (χ0v) is 29.7. The van der Waals surface area contributed by atoms with E-state index in [4.69, 9.17) is 0 Å². The monoisotopic (exact) mass is 609 g/mol. The molecule has 2 aliphatic carbocycles. The van der Waals surface area contributed by atoms with Gasteiger partial charge in [-0.25, -0.2) is 4.79 Å². The minimum Gasteiger partial charge on any atom is -0.478 e. The van der Waals surface area contributed by atoms with Crippen LogP contribution in [0.25, 0.3) is 0 Å². The second-order valence-corrected chi connectivity index (χ2v) is 15.6. The summed E-state index contributed by atoms with van der Waals surface area (Å²) < 4.78 is 0. The Kier molecular flexibility index (Phi) is 14.5. The lowest BCUT2D eigenvalue weighted by Crippen LogP contribution is -2.54. The molecular weight excluding hydrogens is 540 g/mol. The quantitative estimate of drug-likeness (QED) is 0.150. The van der Waals surface area contributed by atoms with Crippen molar-refractivity contribution in [2.75, 3.05) is 0 Å². The van der Waals surface area contributed by atoms with Gasteiger partial charge >= 0.3 is 5.97 Å². The van der Waals surface area contributed by atoms with Gasteiger partial charge in [0.2, 0.25) is 0 Å². The van der Waals surface area contributed by atoms with Gasteiger partial charge in [0, 0.05) is 11.8 Å². The number of hydrogen-bond acceptors (Lipinski definition) is 2. The van der Waals surface area contributed by atoms with Crippen molar-refractivity contribution in [3.63, 3.8) is 0 Å². The summed E-state index contributed by atoms with van der Waals surface area (Å²) in [5.41, 5.74) is 1.29. The van der Waals surface area contributed by atoms with Gasteiger partial charge in [0.1, 0.15) is 5.78 Å². The van der Waals surface area contributed by atoms with Crippen molar-refractivity contribution in [2.24, 2.45) is 28.1 Å². The number of carboxylic acids is 1. The van der Waals surface area contributed by atoms with E-state index in [9.17, 15) is 9.90 Å². The van der Waals surface area contributed by atoms with Crippen LogP contribution in [0.4, 0.5) is 0 Å². The molecule has 0 aliphatic heterocycles. The Bertz CT molecular complexity index is 991. The van der Waals surface area contributed by atoms with E-state index in [-0.39, 0.29) is 22.2 Å². The van der Waals surface area contributed by atoms with Crippen molar-refractivity contribution >= 4 is 11.8 Å². The van der Waals surface area contributed by atoms with Crippen molar-refractivity contribution in [2.45, 2.75) is 182 Å². The molecule has 2 saturated carbocycles. The van der Waals surface area contributed by atoms with E-state index in [0.29, 0.717) is 23.2 Å². The molecule has 0 bridgehead atoms. The fraction of sp³-hybridized carbons (Fsp3) is 0.805. The highest BCUT2D eigenvalue weighted by molar-refractivity contribution is 5.88. The summed E-state index contributed by atoms with van der Waals surface area (Å²) in [5, 5.41) is 9.73. The smallest absolute Gasteiger partial charge is 0.335 e. The topological polar surface area (TPSA) is 54.4 Å². The predicted molar refractivity (Wildman–Crippen MR) is 186 cm³/mol. The lowest BCUT2D eigenvalue weighted by Gasteiger charge is -2.58. The Morgan fingerprint density at radius 3 is 1.84 bits per heavy atom. The maximum Gasteiger partial charge on any atom is 0.335 e. The average molecular weight is 609 g/mol. The van der Waals surface area contributed by atoms with Crippen LogP contribution in [-0.2, 0) is 4.79 Å². The molecule has 44 heavy (non-hydrogen) atoms. The molecule has 2 aliphatic rings. The van der Waals surface area contributed by atoms with E-state index >= 15 is 4.79 Å². The molecule has 1 aromatic rings. The van der Waals surface area contributed by atoms with Crippen LogP contribution in [0.1, 0.15) is 198 Å². The largest absolute Gasteiger partial charge is 0.478 e. The third-order valence-corrected chi connectivity index (χ3v) is 12.4. The van der Waals surface area contributed by atoms with Crippen LogP contribution < -0.4 is 0 Å². The van der Waals surface area contributed by atoms with E-state index < -0.39 is 5.97 Å². The van der Waals surface area contributed by atoms with Crippen LogP contribution in [-0.4, -0.2) is 16.9 Å². The number of unbranched alkanes of at least 4 members (excludes halogenated alkanes) is 8. The highest BCUT2D eigenvalue weighted by Crippen LogP contribution is 2.77. The molecule has 3 atom stereocenters.